The molecule has 0 spiro atoms. The molecule has 0 radical (unpaired) electrons. The van der Waals surface area contributed by atoms with E-state index in [4.69, 9.17) is 10.5 Å². The molecule has 102 valence electrons. The lowest BCUT2D eigenvalue weighted by Crippen LogP contribution is -2.09. The number of carbonyl (C=O) groups is 1. The zero-order valence-electron chi connectivity index (χ0n) is 10.9. The highest BCUT2D eigenvalue weighted by atomic mass is 16.5. The summed E-state index contributed by atoms with van der Waals surface area (Å²) in [5, 5.41) is 0. The molecule has 0 atom stereocenters. The minimum absolute atomic E-state index is 0. The van der Waals surface area contributed by atoms with Crippen molar-refractivity contribution >= 4 is 5.91 Å². The zero-order valence-corrected chi connectivity index (χ0v) is 10.9. The van der Waals surface area contributed by atoms with E-state index in [2.05, 4.69) is 12.1 Å². The van der Waals surface area contributed by atoms with Gasteiger partial charge in [-0.1, -0.05) is 43.2 Å². The maximum atomic E-state index is 10.5. The first-order valence-corrected chi connectivity index (χ1v) is 6.69. The van der Waals surface area contributed by atoms with Crippen molar-refractivity contribution in [3.05, 3.63) is 35.9 Å². The molecule has 0 aliphatic heterocycles. The van der Waals surface area contributed by atoms with Gasteiger partial charge in [-0.25, -0.2) is 0 Å². The average Bonchev–Trinajstić information content (AvgIpc) is 2.37. The molecule has 2 N–H and O–H groups in total. The molecule has 0 saturated carbocycles. The summed E-state index contributed by atoms with van der Waals surface area (Å²) in [7, 11) is 0. The Hall–Kier alpha value is -1.35. The predicted molar refractivity (Wildman–Crippen MR) is 75.4 cm³/mol. The molecule has 0 aliphatic rings. The summed E-state index contributed by atoms with van der Waals surface area (Å²) in [5.41, 5.74) is 6.38. The number of nitrogens with two attached hydrogens (primary N) is 1. The Kier molecular flexibility index (Phi) is 7.89. The molecule has 0 bridgehead atoms. The molecule has 1 aromatic rings. The van der Waals surface area contributed by atoms with Gasteiger partial charge in [0.25, 0.3) is 0 Å². The molecule has 18 heavy (non-hydrogen) atoms. The van der Waals surface area contributed by atoms with E-state index in [1.807, 2.05) is 18.2 Å². The van der Waals surface area contributed by atoms with Gasteiger partial charge in [-0.3, -0.25) is 4.79 Å². The van der Waals surface area contributed by atoms with Crippen LogP contribution in [0.15, 0.2) is 30.3 Å². The monoisotopic (exact) mass is 251 g/mol. The van der Waals surface area contributed by atoms with Crippen molar-refractivity contribution in [1.29, 1.82) is 0 Å². The lowest BCUT2D eigenvalue weighted by molar-refractivity contribution is -0.118. The second kappa shape index (κ2) is 9.66. The smallest absolute Gasteiger partial charge is 0.217 e. The topological polar surface area (TPSA) is 52.3 Å². The minimum atomic E-state index is -0.200. The number of hydrogen-bond donors (Lipinski definition) is 1. The fourth-order valence-corrected chi connectivity index (χ4v) is 1.79. The average molecular weight is 251 g/mol. The standard InChI is InChI=1S/C15H23NO2.H2/c16-15(17)10-6-1-2-7-12-18-13-11-14-8-4-3-5-9-14;/h3-5,8-9H,1-2,6-7,10-13H2,(H2,16,17);1H. The van der Waals surface area contributed by atoms with Crippen LogP contribution in [0, 0.1) is 0 Å². The second-order valence-corrected chi connectivity index (χ2v) is 4.48. The first-order chi connectivity index (χ1) is 8.79. The third kappa shape index (κ3) is 7.85. The second-order valence-electron chi connectivity index (χ2n) is 4.48. The maximum Gasteiger partial charge on any atom is 0.217 e. The zero-order chi connectivity index (χ0) is 13.1. The number of unbranched alkanes of at least 4 members (excludes halogenated alkanes) is 3. The van der Waals surface area contributed by atoms with E-state index >= 15 is 0 Å². The van der Waals surface area contributed by atoms with Crippen LogP contribution in [0.4, 0.5) is 0 Å². The Balaban J connectivity index is 0.00000324. The van der Waals surface area contributed by atoms with Gasteiger partial charge in [0.2, 0.25) is 5.91 Å². The molecule has 0 fully saturated rings. The first kappa shape index (κ1) is 14.7. The molecule has 0 heterocycles. The SMILES string of the molecule is NC(=O)CCCCCCOCCc1ccccc1.[HH]. The quantitative estimate of drug-likeness (QED) is 0.650. The molecule has 0 saturated heterocycles. The lowest BCUT2D eigenvalue weighted by atomic mass is 10.1. The Morgan fingerprint density at radius 1 is 1.06 bits per heavy atom. The van der Waals surface area contributed by atoms with Gasteiger partial charge in [0.15, 0.2) is 0 Å². The Labute approximate surface area is 111 Å². The van der Waals surface area contributed by atoms with Crippen molar-refractivity contribution in [2.75, 3.05) is 13.2 Å². The number of primary amides is 1. The van der Waals surface area contributed by atoms with Crippen molar-refractivity contribution in [2.24, 2.45) is 5.73 Å². The van der Waals surface area contributed by atoms with Gasteiger partial charge in [-0.05, 0) is 24.8 Å². The van der Waals surface area contributed by atoms with E-state index < -0.39 is 0 Å². The van der Waals surface area contributed by atoms with E-state index in [1.165, 1.54) is 5.56 Å². The molecule has 3 heteroatoms. The highest BCUT2D eigenvalue weighted by Gasteiger charge is 1.95. The van der Waals surface area contributed by atoms with Crippen molar-refractivity contribution in [3.63, 3.8) is 0 Å². The summed E-state index contributed by atoms with van der Waals surface area (Å²) in [5.74, 6) is -0.200. The van der Waals surface area contributed by atoms with Gasteiger partial charge in [-0.15, -0.1) is 0 Å². The largest absolute Gasteiger partial charge is 0.381 e. The third-order valence-corrected chi connectivity index (χ3v) is 2.84. The minimum Gasteiger partial charge on any atom is -0.381 e. The maximum absolute atomic E-state index is 10.5. The normalized spacial score (nSPS) is 10.4. The predicted octanol–water partition coefficient (Wildman–Crippen LogP) is 2.93. The number of rotatable bonds is 10. The molecule has 0 aliphatic carbocycles. The van der Waals surface area contributed by atoms with Gasteiger partial charge in [0, 0.05) is 14.5 Å². The Bertz CT molecular complexity index is 330. The van der Waals surface area contributed by atoms with Crippen LogP contribution in [-0.2, 0) is 16.0 Å². The summed E-state index contributed by atoms with van der Waals surface area (Å²) in [4.78, 5) is 10.5. The van der Waals surface area contributed by atoms with E-state index in [0.29, 0.717) is 6.42 Å². The third-order valence-electron chi connectivity index (χ3n) is 2.84. The number of amides is 1. The van der Waals surface area contributed by atoms with Crippen LogP contribution in [0.1, 0.15) is 39.1 Å². The van der Waals surface area contributed by atoms with Crippen LogP contribution in [0.5, 0.6) is 0 Å². The summed E-state index contributed by atoms with van der Waals surface area (Å²) < 4.78 is 5.57. The van der Waals surface area contributed by atoms with Crippen LogP contribution in [0.25, 0.3) is 0 Å². The van der Waals surface area contributed by atoms with Crippen LogP contribution in [0.3, 0.4) is 0 Å². The fourth-order valence-electron chi connectivity index (χ4n) is 1.79. The highest BCUT2D eigenvalue weighted by molar-refractivity contribution is 5.73. The Morgan fingerprint density at radius 2 is 1.78 bits per heavy atom. The van der Waals surface area contributed by atoms with Gasteiger partial charge >= 0.3 is 0 Å². The molecular formula is C15H25NO2. The van der Waals surface area contributed by atoms with Crippen molar-refractivity contribution in [1.82, 2.24) is 0 Å². The summed E-state index contributed by atoms with van der Waals surface area (Å²) in [6.07, 6.45) is 5.62. The van der Waals surface area contributed by atoms with E-state index in [0.717, 1.165) is 45.3 Å². The van der Waals surface area contributed by atoms with Gasteiger partial charge in [-0.2, -0.15) is 0 Å². The fraction of sp³-hybridized carbons (Fsp3) is 0.533. The summed E-state index contributed by atoms with van der Waals surface area (Å²) in [6.45, 7) is 1.59. The van der Waals surface area contributed by atoms with Gasteiger partial charge in [0.05, 0.1) is 6.61 Å². The number of carbonyl (C=O) groups excluding carboxylic acids is 1. The molecule has 3 nitrogen and oxygen atoms in total. The molecule has 1 aromatic carbocycles. The van der Waals surface area contributed by atoms with Crippen molar-refractivity contribution in [2.45, 2.75) is 38.5 Å². The molecule has 0 aromatic heterocycles. The summed E-state index contributed by atoms with van der Waals surface area (Å²) >= 11 is 0. The molecular weight excluding hydrogens is 226 g/mol. The van der Waals surface area contributed by atoms with Crippen molar-refractivity contribution < 1.29 is 11.0 Å². The van der Waals surface area contributed by atoms with E-state index in [9.17, 15) is 4.79 Å². The first-order valence-electron chi connectivity index (χ1n) is 6.69. The molecule has 1 amide bonds. The summed E-state index contributed by atoms with van der Waals surface area (Å²) in [6, 6.07) is 10.4. The van der Waals surface area contributed by atoms with E-state index in [1.54, 1.807) is 0 Å². The Morgan fingerprint density at radius 3 is 2.50 bits per heavy atom. The lowest BCUT2D eigenvalue weighted by Gasteiger charge is -2.04. The van der Waals surface area contributed by atoms with Crippen LogP contribution in [-0.4, -0.2) is 19.1 Å². The van der Waals surface area contributed by atoms with Crippen molar-refractivity contribution in [3.8, 4) is 0 Å². The van der Waals surface area contributed by atoms with Gasteiger partial charge < -0.3 is 10.5 Å². The number of ether oxygens (including phenoxy) is 1. The molecule has 1 rings (SSSR count). The van der Waals surface area contributed by atoms with Crippen LogP contribution >= 0.6 is 0 Å². The van der Waals surface area contributed by atoms with E-state index in [-0.39, 0.29) is 7.33 Å². The highest BCUT2D eigenvalue weighted by Crippen LogP contribution is 2.04. The molecule has 0 unspecified atom stereocenters. The van der Waals surface area contributed by atoms with Crippen LogP contribution < -0.4 is 5.73 Å². The number of benzene rings is 1. The van der Waals surface area contributed by atoms with Crippen LogP contribution in [0.2, 0.25) is 0 Å². The number of hydrogen-bond acceptors (Lipinski definition) is 2. The van der Waals surface area contributed by atoms with Gasteiger partial charge in [0.1, 0.15) is 0 Å².